The molecule has 2 nitrogen and oxygen atoms in total. The van der Waals surface area contributed by atoms with Crippen LogP contribution in [0.4, 0.5) is 0 Å². The van der Waals surface area contributed by atoms with Crippen molar-refractivity contribution in [2.75, 3.05) is 13.1 Å². The van der Waals surface area contributed by atoms with Crippen molar-refractivity contribution >= 4 is 0 Å². The Kier molecular flexibility index (Phi) is 3.62. The van der Waals surface area contributed by atoms with E-state index in [1.807, 2.05) is 6.07 Å². The molecule has 1 saturated heterocycles. The highest BCUT2D eigenvalue weighted by atomic mass is 16.5. The molecule has 0 radical (unpaired) electrons. The van der Waals surface area contributed by atoms with E-state index in [0.29, 0.717) is 0 Å². The zero-order valence-electron chi connectivity index (χ0n) is 11.2. The summed E-state index contributed by atoms with van der Waals surface area (Å²) < 4.78 is 6.00. The summed E-state index contributed by atoms with van der Waals surface area (Å²) in [6, 6.07) is 19.1. The van der Waals surface area contributed by atoms with Gasteiger partial charge in [0.2, 0.25) is 0 Å². The van der Waals surface area contributed by atoms with Gasteiger partial charge >= 0.3 is 0 Å². The number of morpholine rings is 1. The van der Waals surface area contributed by atoms with Crippen molar-refractivity contribution in [2.24, 2.45) is 0 Å². The van der Waals surface area contributed by atoms with Crippen LogP contribution in [0.2, 0.25) is 0 Å². The molecular formula is C17H19NO. The molecule has 1 aliphatic heterocycles. The Bertz CT molecular complexity index is 538. The van der Waals surface area contributed by atoms with Gasteiger partial charge in [0, 0.05) is 13.1 Å². The van der Waals surface area contributed by atoms with Gasteiger partial charge in [0.05, 0.1) is 12.2 Å². The maximum absolute atomic E-state index is 6.00. The number of nitrogens with one attached hydrogen (secondary N) is 1. The summed E-state index contributed by atoms with van der Waals surface area (Å²) in [4.78, 5) is 0. The molecule has 2 heteroatoms. The quantitative estimate of drug-likeness (QED) is 0.885. The first-order chi connectivity index (χ1) is 9.33. The van der Waals surface area contributed by atoms with Gasteiger partial charge in [-0.15, -0.1) is 0 Å². The third kappa shape index (κ3) is 2.86. The fraction of sp³-hybridized carbons (Fsp3) is 0.294. The Morgan fingerprint density at radius 1 is 0.947 bits per heavy atom. The summed E-state index contributed by atoms with van der Waals surface area (Å²) in [5, 5.41) is 3.42. The van der Waals surface area contributed by atoms with Gasteiger partial charge in [0.1, 0.15) is 0 Å². The van der Waals surface area contributed by atoms with Gasteiger partial charge in [-0.05, 0) is 29.7 Å². The van der Waals surface area contributed by atoms with E-state index in [-0.39, 0.29) is 12.2 Å². The lowest BCUT2D eigenvalue weighted by atomic mass is 10.00. The standard InChI is InChI=1S/C17H19NO/c1-13-11-18-12-17(19-13)16-9-5-8-15(10-16)14-6-3-2-4-7-14/h2-10,13,17-18H,11-12H2,1H3. The van der Waals surface area contributed by atoms with Gasteiger partial charge in [-0.2, -0.15) is 0 Å². The van der Waals surface area contributed by atoms with Crippen molar-refractivity contribution in [2.45, 2.75) is 19.1 Å². The first kappa shape index (κ1) is 12.4. The molecule has 1 N–H and O–H groups in total. The molecule has 2 aromatic rings. The third-order valence-electron chi connectivity index (χ3n) is 3.52. The molecule has 98 valence electrons. The van der Waals surface area contributed by atoms with Crippen molar-refractivity contribution in [3.8, 4) is 11.1 Å². The highest BCUT2D eigenvalue weighted by molar-refractivity contribution is 5.64. The van der Waals surface area contributed by atoms with E-state index in [1.54, 1.807) is 0 Å². The zero-order chi connectivity index (χ0) is 13.1. The fourth-order valence-electron chi connectivity index (χ4n) is 2.54. The molecule has 1 fully saturated rings. The molecular weight excluding hydrogens is 234 g/mol. The topological polar surface area (TPSA) is 21.3 Å². The number of hydrogen-bond donors (Lipinski definition) is 1. The molecule has 0 amide bonds. The van der Waals surface area contributed by atoms with Crippen LogP contribution in [0.3, 0.4) is 0 Å². The second-order valence-corrected chi connectivity index (χ2v) is 5.09. The minimum absolute atomic E-state index is 0.160. The van der Waals surface area contributed by atoms with E-state index in [4.69, 9.17) is 4.74 Å². The predicted molar refractivity (Wildman–Crippen MR) is 78.0 cm³/mol. The number of ether oxygens (including phenoxy) is 1. The minimum Gasteiger partial charge on any atom is -0.368 e. The average molecular weight is 253 g/mol. The normalized spacial score (nSPS) is 23.2. The van der Waals surface area contributed by atoms with Crippen molar-refractivity contribution in [1.82, 2.24) is 5.32 Å². The summed E-state index contributed by atoms with van der Waals surface area (Å²) in [6.07, 6.45) is 0.437. The Labute approximate surface area is 114 Å². The fourth-order valence-corrected chi connectivity index (χ4v) is 2.54. The minimum atomic E-state index is 0.160. The maximum Gasteiger partial charge on any atom is 0.0953 e. The van der Waals surface area contributed by atoms with Crippen LogP contribution in [0.25, 0.3) is 11.1 Å². The van der Waals surface area contributed by atoms with Gasteiger partial charge in [0.15, 0.2) is 0 Å². The van der Waals surface area contributed by atoms with E-state index in [0.717, 1.165) is 13.1 Å². The lowest BCUT2D eigenvalue weighted by molar-refractivity contribution is -0.0286. The van der Waals surface area contributed by atoms with Gasteiger partial charge in [-0.1, -0.05) is 48.5 Å². The molecule has 1 aliphatic rings. The third-order valence-corrected chi connectivity index (χ3v) is 3.52. The average Bonchev–Trinajstić information content (AvgIpc) is 2.48. The molecule has 19 heavy (non-hydrogen) atoms. The molecule has 0 spiro atoms. The molecule has 3 rings (SSSR count). The van der Waals surface area contributed by atoms with E-state index in [2.05, 4.69) is 60.8 Å². The van der Waals surface area contributed by atoms with E-state index >= 15 is 0 Å². The smallest absolute Gasteiger partial charge is 0.0953 e. The molecule has 0 aromatic heterocycles. The highest BCUT2D eigenvalue weighted by Gasteiger charge is 2.20. The Morgan fingerprint density at radius 3 is 2.53 bits per heavy atom. The number of rotatable bonds is 2. The van der Waals surface area contributed by atoms with Crippen LogP contribution in [0.5, 0.6) is 0 Å². The van der Waals surface area contributed by atoms with Crippen LogP contribution in [-0.2, 0) is 4.74 Å². The van der Waals surface area contributed by atoms with Crippen LogP contribution in [0, 0.1) is 0 Å². The van der Waals surface area contributed by atoms with Crippen LogP contribution in [0.1, 0.15) is 18.6 Å². The molecule has 2 atom stereocenters. The van der Waals surface area contributed by atoms with Gasteiger partial charge in [-0.3, -0.25) is 0 Å². The van der Waals surface area contributed by atoms with Crippen molar-refractivity contribution in [3.05, 3.63) is 60.2 Å². The van der Waals surface area contributed by atoms with E-state index in [9.17, 15) is 0 Å². The Balaban J connectivity index is 1.88. The first-order valence-corrected chi connectivity index (χ1v) is 6.84. The monoisotopic (exact) mass is 253 g/mol. The van der Waals surface area contributed by atoms with Crippen LogP contribution in [-0.4, -0.2) is 19.2 Å². The van der Waals surface area contributed by atoms with E-state index < -0.39 is 0 Å². The Morgan fingerprint density at radius 2 is 1.74 bits per heavy atom. The number of benzene rings is 2. The van der Waals surface area contributed by atoms with Crippen LogP contribution < -0.4 is 5.32 Å². The maximum atomic E-state index is 6.00. The first-order valence-electron chi connectivity index (χ1n) is 6.84. The Hall–Kier alpha value is -1.64. The lowest BCUT2D eigenvalue weighted by Crippen LogP contribution is -2.38. The number of hydrogen-bond acceptors (Lipinski definition) is 2. The van der Waals surface area contributed by atoms with Crippen molar-refractivity contribution in [1.29, 1.82) is 0 Å². The largest absolute Gasteiger partial charge is 0.368 e. The molecule has 0 saturated carbocycles. The summed E-state index contributed by atoms with van der Waals surface area (Å²) >= 11 is 0. The zero-order valence-corrected chi connectivity index (χ0v) is 11.2. The SMILES string of the molecule is CC1CNCC(c2cccc(-c3ccccc3)c2)O1. The van der Waals surface area contributed by atoms with Gasteiger partial charge in [-0.25, -0.2) is 0 Å². The molecule has 1 heterocycles. The lowest BCUT2D eigenvalue weighted by Gasteiger charge is -2.29. The predicted octanol–water partition coefficient (Wildman–Crippen LogP) is 3.40. The summed E-state index contributed by atoms with van der Waals surface area (Å²) in [5.74, 6) is 0. The summed E-state index contributed by atoms with van der Waals surface area (Å²) in [6.45, 7) is 3.94. The van der Waals surface area contributed by atoms with E-state index in [1.165, 1.54) is 16.7 Å². The highest BCUT2D eigenvalue weighted by Crippen LogP contribution is 2.26. The summed E-state index contributed by atoms with van der Waals surface area (Å²) in [5.41, 5.74) is 3.75. The van der Waals surface area contributed by atoms with Crippen molar-refractivity contribution < 1.29 is 4.74 Å². The second kappa shape index (κ2) is 5.55. The second-order valence-electron chi connectivity index (χ2n) is 5.09. The molecule has 2 unspecified atom stereocenters. The molecule has 0 aliphatic carbocycles. The van der Waals surface area contributed by atoms with Crippen LogP contribution in [0.15, 0.2) is 54.6 Å². The van der Waals surface area contributed by atoms with Crippen LogP contribution >= 0.6 is 0 Å². The molecule has 0 bridgehead atoms. The summed E-state index contributed by atoms with van der Waals surface area (Å²) in [7, 11) is 0. The van der Waals surface area contributed by atoms with Gasteiger partial charge in [0.25, 0.3) is 0 Å². The van der Waals surface area contributed by atoms with Crippen molar-refractivity contribution in [3.63, 3.8) is 0 Å². The van der Waals surface area contributed by atoms with Gasteiger partial charge < -0.3 is 10.1 Å². The molecule has 2 aromatic carbocycles.